The van der Waals surface area contributed by atoms with E-state index in [1.807, 2.05) is 20.8 Å². The highest BCUT2D eigenvalue weighted by molar-refractivity contribution is 5.75. The highest BCUT2D eigenvalue weighted by Gasteiger charge is 2.27. The molecule has 4 nitrogen and oxygen atoms in total. The quantitative estimate of drug-likeness (QED) is 0.569. The molecule has 1 saturated heterocycles. The van der Waals surface area contributed by atoms with Crippen molar-refractivity contribution in [2.75, 3.05) is 19.8 Å². The van der Waals surface area contributed by atoms with Crippen molar-refractivity contribution in [1.29, 1.82) is 0 Å². The van der Waals surface area contributed by atoms with Gasteiger partial charge < -0.3 is 14.2 Å². The highest BCUT2D eigenvalue weighted by atomic mass is 16.6. The Morgan fingerprint density at radius 3 is 2.54 bits per heavy atom. The van der Waals surface area contributed by atoms with Gasteiger partial charge in [-0.15, -0.1) is 0 Å². The number of carbonyl (C=O) groups is 1. The third-order valence-corrected chi connectivity index (χ3v) is 1.49. The van der Waals surface area contributed by atoms with E-state index in [-0.39, 0.29) is 5.97 Å². The Morgan fingerprint density at radius 2 is 2.08 bits per heavy atom. The number of hydrogen-bond donors (Lipinski definition) is 0. The molecule has 1 fully saturated rings. The Bertz CT molecular complexity index is 177. The van der Waals surface area contributed by atoms with Crippen LogP contribution in [0.2, 0.25) is 0 Å². The summed E-state index contributed by atoms with van der Waals surface area (Å²) < 4.78 is 15.4. The summed E-state index contributed by atoms with van der Waals surface area (Å²) in [5.41, 5.74) is -0.460. The van der Waals surface area contributed by atoms with E-state index in [9.17, 15) is 4.79 Å². The van der Waals surface area contributed by atoms with E-state index < -0.39 is 11.7 Å². The Hall–Kier alpha value is -0.610. The molecule has 4 heteroatoms. The van der Waals surface area contributed by atoms with Crippen LogP contribution in [0.5, 0.6) is 0 Å². The summed E-state index contributed by atoms with van der Waals surface area (Å²) in [4.78, 5) is 11.4. The minimum absolute atomic E-state index is 0.301. The molecule has 0 bridgehead atoms. The maximum atomic E-state index is 11.4. The van der Waals surface area contributed by atoms with Crippen molar-refractivity contribution in [2.45, 2.75) is 32.5 Å². The van der Waals surface area contributed by atoms with Gasteiger partial charge in [0.25, 0.3) is 0 Å². The Labute approximate surface area is 78.2 Å². The molecule has 1 rings (SSSR count). The molecule has 1 atom stereocenters. The number of rotatable bonds is 1. The van der Waals surface area contributed by atoms with Crippen LogP contribution in [0.15, 0.2) is 0 Å². The third-order valence-electron chi connectivity index (χ3n) is 1.49. The van der Waals surface area contributed by atoms with Gasteiger partial charge in [-0.3, -0.25) is 0 Å². The molecule has 1 heterocycles. The van der Waals surface area contributed by atoms with Gasteiger partial charge in [-0.05, 0) is 20.8 Å². The number of carbonyl (C=O) groups excluding carboxylic acids is 1. The summed E-state index contributed by atoms with van der Waals surface area (Å²) in [5, 5.41) is 0. The lowest BCUT2D eigenvalue weighted by atomic mass is 10.2. The summed E-state index contributed by atoms with van der Waals surface area (Å²) in [5.74, 6) is -0.341. The second-order valence-electron chi connectivity index (χ2n) is 3.97. The van der Waals surface area contributed by atoms with Crippen LogP contribution in [0.4, 0.5) is 0 Å². The van der Waals surface area contributed by atoms with Crippen LogP contribution in [-0.4, -0.2) is 37.5 Å². The minimum Gasteiger partial charge on any atom is -0.458 e. The smallest absolute Gasteiger partial charge is 0.338 e. The molecule has 76 valence electrons. The summed E-state index contributed by atoms with van der Waals surface area (Å²) in [6, 6.07) is 0. The van der Waals surface area contributed by atoms with Crippen molar-refractivity contribution >= 4 is 5.97 Å². The average Bonchev–Trinajstić information content (AvgIpc) is 2.03. The lowest BCUT2D eigenvalue weighted by molar-refractivity contribution is -0.181. The molecule has 0 aliphatic carbocycles. The lowest BCUT2D eigenvalue weighted by Crippen LogP contribution is -2.39. The predicted molar refractivity (Wildman–Crippen MR) is 46.4 cm³/mol. The number of hydrogen-bond acceptors (Lipinski definition) is 4. The predicted octanol–water partition coefficient (Wildman–Crippen LogP) is 0.744. The maximum absolute atomic E-state index is 11.4. The van der Waals surface area contributed by atoms with Gasteiger partial charge in [0.2, 0.25) is 0 Å². The van der Waals surface area contributed by atoms with Crippen LogP contribution in [0, 0.1) is 0 Å². The molecule has 1 aliphatic heterocycles. The first kappa shape index (κ1) is 10.5. The molecule has 0 aromatic rings. The fourth-order valence-electron chi connectivity index (χ4n) is 0.991. The SMILES string of the molecule is CC(C)(C)OC(=O)C1COCCO1. The molecule has 0 N–H and O–H groups in total. The standard InChI is InChI=1S/C9H16O4/c1-9(2,3)13-8(10)7-6-11-4-5-12-7/h7H,4-6H2,1-3H3. The van der Waals surface area contributed by atoms with Gasteiger partial charge in [0.05, 0.1) is 19.8 Å². The number of esters is 1. The van der Waals surface area contributed by atoms with Crippen LogP contribution in [0.1, 0.15) is 20.8 Å². The van der Waals surface area contributed by atoms with Crippen molar-refractivity contribution in [3.05, 3.63) is 0 Å². The molecular weight excluding hydrogens is 172 g/mol. The Kier molecular flexibility index (Phi) is 3.27. The second kappa shape index (κ2) is 4.07. The Balaban J connectivity index is 2.38. The zero-order chi connectivity index (χ0) is 9.90. The van der Waals surface area contributed by atoms with Gasteiger partial charge in [0.1, 0.15) is 5.60 Å². The van der Waals surface area contributed by atoms with Gasteiger partial charge >= 0.3 is 5.97 Å². The van der Waals surface area contributed by atoms with Crippen LogP contribution >= 0.6 is 0 Å². The van der Waals surface area contributed by atoms with Crippen LogP contribution < -0.4 is 0 Å². The first-order chi connectivity index (χ1) is 5.99. The highest BCUT2D eigenvalue weighted by Crippen LogP contribution is 2.11. The van der Waals surface area contributed by atoms with Crippen molar-refractivity contribution < 1.29 is 19.0 Å². The molecule has 0 aromatic heterocycles. The number of ether oxygens (including phenoxy) is 3. The largest absolute Gasteiger partial charge is 0.458 e. The normalized spacial score (nSPS) is 24.1. The molecular formula is C9H16O4. The molecule has 1 unspecified atom stereocenters. The van der Waals surface area contributed by atoms with Gasteiger partial charge in [0.15, 0.2) is 6.10 Å². The van der Waals surface area contributed by atoms with Crippen molar-refractivity contribution in [3.8, 4) is 0 Å². The third kappa shape index (κ3) is 3.74. The fourth-order valence-corrected chi connectivity index (χ4v) is 0.991. The summed E-state index contributed by atoms with van der Waals surface area (Å²) >= 11 is 0. The van der Waals surface area contributed by atoms with Crippen LogP contribution in [-0.2, 0) is 19.0 Å². The molecule has 0 amide bonds. The van der Waals surface area contributed by atoms with Gasteiger partial charge in [0, 0.05) is 0 Å². The van der Waals surface area contributed by atoms with E-state index in [2.05, 4.69) is 0 Å². The van der Waals surface area contributed by atoms with Gasteiger partial charge in [-0.2, -0.15) is 0 Å². The first-order valence-corrected chi connectivity index (χ1v) is 4.41. The molecule has 0 aromatic carbocycles. The average molecular weight is 188 g/mol. The maximum Gasteiger partial charge on any atom is 0.338 e. The molecule has 0 radical (unpaired) electrons. The minimum atomic E-state index is -0.548. The zero-order valence-electron chi connectivity index (χ0n) is 8.33. The second-order valence-corrected chi connectivity index (χ2v) is 3.97. The zero-order valence-corrected chi connectivity index (χ0v) is 8.33. The van der Waals surface area contributed by atoms with Crippen molar-refractivity contribution in [1.82, 2.24) is 0 Å². The van der Waals surface area contributed by atoms with Crippen molar-refractivity contribution in [2.24, 2.45) is 0 Å². The topological polar surface area (TPSA) is 44.8 Å². The molecule has 0 spiro atoms. The van der Waals surface area contributed by atoms with E-state index in [4.69, 9.17) is 14.2 Å². The van der Waals surface area contributed by atoms with Gasteiger partial charge in [-0.1, -0.05) is 0 Å². The molecule has 0 saturated carbocycles. The van der Waals surface area contributed by atoms with E-state index in [0.29, 0.717) is 19.8 Å². The van der Waals surface area contributed by atoms with E-state index in [1.165, 1.54) is 0 Å². The van der Waals surface area contributed by atoms with Crippen molar-refractivity contribution in [3.63, 3.8) is 0 Å². The Morgan fingerprint density at radius 1 is 1.38 bits per heavy atom. The van der Waals surface area contributed by atoms with Gasteiger partial charge in [-0.25, -0.2) is 4.79 Å². The summed E-state index contributed by atoms with van der Waals surface area (Å²) in [7, 11) is 0. The summed E-state index contributed by atoms with van der Waals surface area (Å²) in [6.07, 6.45) is -0.548. The molecule has 1 aliphatic rings. The monoisotopic (exact) mass is 188 g/mol. The van der Waals surface area contributed by atoms with Crippen LogP contribution in [0.3, 0.4) is 0 Å². The van der Waals surface area contributed by atoms with E-state index in [0.717, 1.165) is 0 Å². The fraction of sp³-hybridized carbons (Fsp3) is 0.889. The lowest BCUT2D eigenvalue weighted by Gasteiger charge is -2.26. The van der Waals surface area contributed by atoms with E-state index in [1.54, 1.807) is 0 Å². The van der Waals surface area contributed by atoms with Crippen LogP contribution in [0.25, 0.3) is 0 Å². The first-order valence-electron chi connectivity index (χ1n) is 4.41. The molecule has 13 heavy (non-hydrogen) atoms. The summed E-state index contributed by atoms with van der Waals surface area (Å²) in [6.45, 7) is 6.80. The van der Waals surface area contributed by atoms with E-state index >= 15 is 0 Å².